The lowest BCUT2D eigenvalue weighted by molar-refractivity contribution is 0.0194. The molecule has 3 rings (SSSR count). The van der Waals surface area contributed by atoms with Crippen LogP contribution >= 0.6 is 11.6 Å². The average molecular weight is 340 g/mol. The fourth-order valence-corrected chi connectivity index (χ4v) is 3.45. The Morgan fingerprint density at radius 1 is 1.30 bits per heavy atom. The average Bonchev–Trinajstić information content (AvgIpc) is 2.88. The Morgan fingerprint density at radius 2 is 2.09 bits per heavy atom. The van der Waals surface area contributed by atoms with Gasteiger partial charge in [-0.1, -0.05) is 0 Å². The van der Waals surface area contributed by atoms with E-state index in [2.05, 4.69) is 19.9 Å². The van der Waals surface area contributed by atoms with Crippen molar-refractivity contribution in [2.75, 3.05) is 24.5 Å². The van der Waals surface area contributed by atoms with Gasteiger partial charge in [0.1, 0.15) is 11.9 Å². The van der Waals surface area contributed by atoms with Crippen molar-refractivity contribution in [3.05, 3.63) is 11.6 Å². The third-order valence-electron chi connectivity index (χ3n) is 4.28. The molecule has 23 heavy (non-hydrogen) atoms. The van der Waals surface area contributed by atoms with Gasteiger partial charge in [-0.25, -0.2) is 14.8 Å². The second kappa shape index (κ2) is 6.11. The summed E-state index contributed by atoms with van der Waals surface area (Å²) >= 11 is 5.84. The van der Waals surface area contributed by atoms with Crippen LogP contribution in [0.1, 0.15) is 33.6 Å². The van der Waals surface area contributed by atoms with Crippen molar-refractivity contribution in [1.82, 2.24) is 19.9 Å². The topological polar surface area (TPSA) is 71.5 Å². The van der Waals surface area contributed by atoms with Gasteiger partial charge in [-0.15, -0.1) is 0 Å². The summed E-state index contributed by atoms with van der Waals surface area (Å²) in [6, 6.07) is 0.235. The molecule has 1 amide bonds. The number of anilines is 1. The molecule has 126 valence electrons. The monoisotopic (exact) mass is 339 g/mol. The van der Waals surface area contributed by atoms with Crippen molar-refractivity contribution >= 4 is 23.6 Å². The number of halogens is 1. The summed E-state index contributed by atoms with van der Waals surface area (Å²) in [6.45, 7) is 8.05. The number of nitrogens with zero attached hydrogens (tertiary/aromatic N) is 5. The van der Waals surface area contributed by atoms with Crippen molar-refractivity contribution in [1.29, 1.82) is 0 Å². The first kappa shape index (κ1) is 16.2. The largest absolute Gasteiger partial charge is 0.444 e. The van der Waals surface area contributed by atoms with Gasteiger partial charge >= 0.3 is 6.09 Å². The molecule has 3 heterocycles. The number of hydrogen-bond donors (Lipinski definition) is 0. The Balaban J connectivity index is 1.65. The van der Waals surface area contributed by atoms with E-state index in [1.807, 2.05) is 25.7 Å². The molecule has 2 aliphatic heterocycles. The quantitative estimate of drug-likeness (QED) is 0.782. The highest BCUT2D eigenvalue weighted by Gasteiger charge is 2.42. The molecule has 0 unspecified atom stereocenters. The zero-order valence-electron chi connectivity index (χ0n) is 13.7. The van der Waals surface area contributed by atoms with Gasteiger partial charge in [0, 0.05) is 25.7 Å². The summed E-state index contributed by atoms with van der Waals surface area (Å²) in [7, 11) is 0. The molecular formula is C15H22ClN5O2. The summed E-state index contributed by atoms with van der Waals surface area (Å²) in [4.78, 5) is 28.5. The predicted molar refractivity (Wildman–Crippen MR) is 86.5 cm³/mol. The summed E-state index contributed by atoms with van der Waals surface area (Å²) in [6.07, 6.45) is 3.08. The smallest absolute Gasteiger partial charge is 0.410 e. The molecule has 0 saturated carbocycles. The lowest BCUT2D eigenvalue weighted by Crippen LogP contribution is -2.49. The molecule has 2 saturated heterocycles. The number of amides is 1. The summed E-state index contributed by atoms with van der Waals surface area (Å²) in [5, 5.41) is 0.207. The van der Waals surface area contributed by atoms with E-state index in [1.165, 1.54) is 6.33 Å². The summed E-state index contributed by atoms with van der Waals surface area (Å²) in [5.74, 6) is 1.02. The Hall–Kier alpha value is -1.63. The van der Waals surface area contributed by atoms with Crippen molar-refractivity contribution in [2.24, 2.45) is 5.92 Å². The molecule has 0 spiro atoms. The van der Waals surface area contributed by atoms with Crippen LogP contribution in [0.15, 0.2) is 6.33 Å². The molecule has 0 bridgehead atoms. The molecule has 2 aliphatic rings. The maximum absolute atomic E-state index is 12.4. The standard InChI is InChI=1S/C15H22ClN5O2/c1-15(2,3)23-14(22)21-7-4-10-8-20(6-5-11(10)21)13-18-9-17-12(16)19-13/h9-11H,4-8H2,1-3H3/t10-,11+/m1/s1. The van der Waals surface area contributed by atoms with Gasteiger partial charge in [0.25, 0.3) is 0 Å². The van der Waals surface area contributed by atoms with E-state index < -0.39 is 5.60 Å². The van der Waals surface area contributed by atoms with Crippen LogP contribution < -0.4 is 4.90 Å². The van der Waals surface area contributed by atoms with Gasteiger partial charge in [0.2, 0.25) is 11.2 Å². The number of likely N-dealkylation sites (tertiary alicyclic amines) is 1. The van der Waals surface area contributed by atoms with E-state index in [0.29, 0.717) is 11.9 Å². The molecule has 7 nitrogen and oxygen atoms in total. The van der Waals surface area contributed by atoms with Gasteiger partial charge < -0.3 is 14.5 Å². The summed E-state index contributed by atoms with van der Waals surface area (Å²) in [5.41, 5.74) is -0.461. The molecular weight excluding hydrogens is 318 g/mol. The summed E-state index contributed by atoms with van der Waals surface area (Å²) < 4.78 is 5.52. The molecule has 0 aliphatic carbocycles. The molecule has 0 N–H and O–H groups in total. The van der Waals surface area contributed by atoms with Gasteiger partial charge in [-0.05, 0) is 51.1 Å². The third kappa shape index (κ3) is 3.65. The molecule has 1 aromatic heterocycles. The highest BCUT2D eigenvalue weighted by Crippen LogP contribution is 2.33. The fraction of sp³-hybridized carbons (Fsp3) is 0.733. The number of carbonyl (C=O) groups excluding carboxylic acids is 1. The first-order valence-corrected chi connectivity index (χ1v) is 8.30. The lowest BCUT2D eigenvalue weighted by atomic mass is 9.93. The Kier molecular flexibility index (Phi) is 4.31. The van der Waals surface area contributed by atoms with Gasteiger partial charge in [0.05, 0.1) is 0 Å². The third-order valence-corrected chi connectivity index (χ3v) is 4.46. The van der Waals surface area contributed by atoms with Gasteiger partial charge in [-0.3, -0.25) is 0 Å². The van der Waals surface area contributed by atoms with Gasteiger partial charge in [-0.2, -0.15) is 4.98 Å². The number of piperidine rings is 1. The highest BCUT2D eigenvalue weighted by molar-refractivity contribution is 6.28. The number of fused-ring (bicyclic) bond motifs is 1. The minimum atomic E-state index is -0.461. The second-order valence-electron chi connectivity index (χ2n) is 7.08. The van der Waals surface area contributed by atoms with E-state index in [1.54, 1.807) is 0 Å². The van der Waals surface area contributed by atoms with Crippen LogP contribution in [0.2, 0.25) is 5.28 Å². The number of carbonyl (C=O) groups is 1. The number of hydrogen-bond acceptors (Lipinski definition) is 6. The van der Waals surface area contributed by atoms with E-state index in [0.717, 1.165) is 32.5 Å². The van der Waals surface area contributed by atoms with Crippen LogP contribution in [0.3, 0.4) is 0 Å². The SMILES string of the molecule is CC(C)(C)OC(=O)N1CC[C@@H]2CN(c3ncnc(Cl)n3)CC[C@@H]21. The molecule has 0 radical (unpaired) electrons. The maximum atomic E-state index is 12.4. The van der Waals surface area contributed by atoms with Crippen LogP contribution in [-0.2, 0) is 4.74 Å². The molecule has 2 atom stereocenters. The molecule has 8 heteroatoms. The Morgan fingerprint density at radius 3 is 2.78 bits per heavy atom. The van der Waals surface area contributed by atoms with Crippen molar-refractivity contribution < 1.29 is 9.53 Å². The molecule has 2 fully saturated rings. The second-order valence-corrected chi connectivity index (χ2v) is 7.42. The van der Waals surface area contributed by atoms with Crippen LogP contribution in [0.5, 0.6) is 0 Å². The molecule has 1 aromatic rings. The highest BCUT2D eigenvalue weighted by atomic mass is 35.5. The Labute approximate surface area is 141 Å². The minimum Gasteiger partial charge on any atom is -0.444 e. The van der Waals surface area contributed by atoms with Crippen molar-refractivity contribution in [2.45, 2.75) is 45.3 Å². The van der Waals surface area contributed by atoms with E-state index >= 15 is 0 Å². The number of ether oxygens (including phenoxy) is 1. The zero-order chi connectivity index (χ0) is 16.6. The van der Waals surface area contributed by atoms with E-state index in [9.17, 15) is 4.79 Å². The van der Waals surface area contributed by atoms with Crippen molar-refractivity contribution in [3.63, 3.8) is 0 Å². The van der Waals surface area contributed by atoms with Crippen LogP contribution in [0.25, 0.3) is 0 Å². The first-order valence-electron chi connectivity index (χ1n) is 7.92. The maximum Gasteiger partial charge on any atom is 0.410 e. The lowest BCUT2D eigenvalue weighted by Gasteiger charge is -2.38. The predicted octanol–water partition coefficient (Wildman–Crippen LogP) is 2.36. The van der Waals surface area contributed by atoms with E-state index in [4.69, 9.17) is 16.3 Å². The first-order chi connectivity index (χ1) is 10.8. The molecule has 0 aromatic carbocycles. The van der Waals surface area contributed by atoms with Crippen molar-refractivity contribution in [3.8, 4) is 0 Å². The minimum absolute atomic E-state index is 0.207. The van der Waals surface area contributed by atoms with Crippen LogP contribution in [0, 0.1) is 5.92 Å². The zero-order valence-corrected chi connectivity index (χ0v) is 14.5. The number of aromatic nitrogens is 3. The fourth-order valence-electron chi connectivity index (χ4n) is 3.33. The normalized spacial score (nSPS) is 24.5. The van der Waals surface area contributed by atoms with Crippen LogP contribution in [0.4, 0.5) is 10.7 Å². The van der Waals surface area contributed by atoms with Gasteiger partial charge in [0.15, 0.2) is 0 Å². The Bertz CT molecular complexity index is 591. The number of rotatable bonds is 1. The van der Waals surface area contributed by atoms with Crippen LogP contribution in [-0.4, -0.2) is 57.2 Å². The van der Waals surface area contributed by atoms with E-state index in [-0.39, 0.29) is 17.4 Å².